The summed E-state index contributed by atoms with van der Waals surface area (Å²) < 4.78 is 7.56. The molecule has 0 radical (unpaired) electrons. The number of aromatic nitrogens is 2. The van der Waals surface area contributed by atoms with Crippen molar-refractivity contribution in [2.75, 3.05) is 0 Å². The molecule has 0 saturated carbocycles. The Balaban J connectivity index is 2.23. The van der Waals surface area contributed by atoms with Gasteiger partial charge in [-0.25, -0.2) is 4.52 Å². The summed E-state index contributed by atoms with van der Waals surface area (Å²) in [5.41, 5.74) is 4.51. The minimum atomic E-state index is 0.601. The third kappa shape index (κ3) is 2.11. The van der Waals surface area contributed by atoms with Crippen molar-refractivity contribution < 1.29 is 4.42 Å². The highest BCUT2D eigenvalue weighted by Gasteiger charge is 2.19. The van der Waals surface area contributed by atoms with Gasteiger partial charge in [0.15, 0.2) is 0 Å². The van der Waals surface area contributed by atoms with Gasteiger partial charge in [0.2, 0.25) is 5.71 Å². The van der Waals surface area contributed by atoms with E-state index in [4.69, 9.17) is 27.6 Å². The highest BCUT2D eigenvalue weighted by molar-refractivity contribution is 6.36. The molecule has 0 bridgehead atoms. The minimum Gasteiger partial charge on any atom is -0.444 e. The van der Waals surface area contributed by atoms with E-state index in [2.05, 4.69) is 12.0 Å². The van der Waals surface area contributed by atoms with E-state index in [1.165, 1.54) is 0 Å². The number of halogens is 2. The maximum absolute atomic E-state index is 6.30. The van der Waals surface area contributed by atoms with Gasteiger partial charge in [0.25, 0.3) is 0 Å². The van der Waals surface area contributed by atoms with Crippen molar-refractivity contribution >= 4 is 28.9 Å². The van der Waals surface area contributed by atoms with E-state index in [1.54, 1.807) is 12.3 Å². The smallest absolute Gasteiger partial charge is 0.229 e. The van der Waals surface area contributed by atoms with Gasteiger partial charge >= 0.3 is 0 Å². The molecule has 0 atom stereocenters. The molecule has 0 fully saturated rings. The number of fused-ring (bicyclic) bond motifs is 1. The second-order valence-electron chi connectivity index (χ2n) is 4.78. The largest absolute Gasteiger partial charge is 0.444 e. The number of benzene rings is 1. The van der Waals surface area contributed by atoms with Crippen molar-refractivity contribution in [3.63, 3.8) is 0 Å². The summed E-state index contributed by atoms with van der Waals surface area (Å²) in [7, 11) is 0. The van der Waals surface area contributed by atoms with Crippen LogP contribution in [0.5, 0.6) is 0 Å². The molecule has 3 nitrogen and oxygen atoms in total. The first-order valence-corrected chi connectivity index (χ1v) is 7.28. The van der Waals surface area contributed by atoms with Gasteiger partial charge in [0, 0.05) is 10.6 Å². The van der Waals surface area contributed by atoms with Crippen LogP contribution in [0.3, 0.4) is 0 Å². The van der Waals surface area contributed by atoms with E-state index < -0.39 is 0 Å². The minimum absolute atomic E-state index is 0.601. The Morgan fingerprint density at radius 2 is 2.10 bits per heavy atom. The first kappa shape index (κ1) is 13.5. The average molecular weight is 309 g/mol. The van der Waals surface area contributed by atoms with Crippen LogP contribution in [0, 0.1) is 6.92 Å². The number of nitrogens with zero attached hydrogens (tertiary/aromatic N) is 2. The van der Waals surface area contributed by atoms with Crippen molar-refractivity contribution in [1.82, 2.24) is 9.61 Å². The van der Waals surface area contributed by atoms with Crippen molar-refractivity contribution in [3.8, 4) is 11.1 Å². The second kappa shape index (κ2) is 5.15. The molecule has 0 aliphatic rings. The van der Waals surface area contributed by atoms with Gasteiger partial charge in [-0.1, -0.05) is 42.6 Å². The maximum Gasteiger partial charge on any atom is 0.229 e. The fourth-order valence-corrected chi connectivity index (χ4v) is 2.91. The Morgan fingerprint density at radius 1 is 1.30 bits per heavy atom. The normalized spacial score (nSPS) is 11.4. The Hall–Kier alpha value is -1.45. The van der Waals surface area contributed by atoms with Gasteiger partial charge in [-0.3, -0.25) is 0 Å². The number of rotatable bonds is 3. The van der Waals surface area contributed by atoms with Gasteiger partial charge < -0.3 is 4.42 Å². The van der Waals surface area contributed by atoms with E-state index in [-0.39, 0.29) is 0 Å². The molecule has 20 heavy (non-hydrogen) atoms. The van der Waals surface area contributed by atoms with Gasteiger partial charge in [-0.15, -0.1) is 0 Å². The van der Waals surface area contributed by atoms with Gasteiger partial charge in [-0.2, -0.15) is 5.10 Å². The second-order valence-corrected chi connectivity index (χ2v) is 5.62. The molecule has 1 aromatic carbocycles. The summed E-state index contributed by atoms with van der Waals surface area (Å²) in [6.07, 6.45) is 3.74. The summed E-state index contributed by atoms with van der Waals surface area (Å²) in [4.78, 5) is 0. The Labute approximate surface area is 127 Å². The fraction of sp³-hybridized carbons (Fsp3) is 0.267. The van der Waals surface area contributed by atoms with Crippen LogP contribution in [0.15, 0.2) is 28.9 Å². The molecule has 0 aliphatic carbocycles. The predicted octanol–water partition coefficient (Wildman–Crippen LogP) is 5.16. The third-order valence-electron chi connectivity index (χ3n) is 3.30. The molecule has 104 valence electrons. The molecule has 2 aromatic heterocycles. The lowest BCUT2D eigenvalue weighted by atomic mass is 10.1. The van der Waals surface area contributed by atoms with E-state index >= 15 is 0 Å². The molecule has 0 unspecified atom stereocenters. The van der Waals surface area contributed by atoms with Crippen molar-refractivity contribution in [2.24, 2.45) is 0 Å². The van der Waals surface area contributed by atoms with Crippen molar-refractivity contribution in [2.45, 2.75) is 26.7 Å². The van der Waals surface area contributed by atoms with Gasteiger partial charge in [-0.05, 0) is 25.5 Å². The molecule has 2 heterocycles. The summed E-state index contributed by atoms with van der Waals surface area (Å²) in [5.74, 6) is 0. The molecule has 3 aromatic rings. The van der Waals surface area contributed by atoms with Crippen LogP contribution in [-0.2, 0) is 6.42 Å². The maximum atomic E-state index is 6.30. The molecule has 0 amide bonds. The number of oxazole rings is 1. The van der Waals surface area contributed by atoms with Gasteiger partial charge in [0.05, 0.1) is 22.0 Å². The Bertz CT molecular complexity index is 774. The van der Waals surface area contributed by atoms with Crippen LogP contribution in [0.1, 0.15) is 24.7 Å². The molecular formula is C15H14Cl2N2O. The zero-order chi connectivity index (χ0) is 14.3. The summed E-state index contributed by atoms with van der Waals surface area (Å²) in [6.45, 7) is 4.09. The van der Waals surface area contributed by atoms with Crippen LogP contribution >= 0.6 is 23.2 Å². The van der Waals surface area contributed by atoms with Gasteiger partial charge in [0.1, 0.15) is 6.26 Å². The lowest BCUT2D eigenvalue weighted by Gasteiger charge is -2.02. The summed E-state index contributed by atoms with van der Waals surface area (Å²) in [5, 5.41) is 5.78. The van der Waals surface area contributed by atoms with Crippen LogP contribution in [0.2, 0.25) is 10.0 Å². The van der Waals surface area contributed by atoms with E-state index in [0.29, 0.717) is 10.0 Å². The van der Waals surface area contributed by atoms with Crippen LogP contribution in [0.25, 0.3) is 16.8 Å². The molecule has 0 saturated heterocycles. The number of hydrogen-bond donors (Lipinski definition) is 0. The average Bonchev–Trinajstić information content (AvgIpc) is 2.91. The summed E-state index contributed by atoms with van der Waals surface area (Å²) >= 11 is 12.3. The zero-order valence-electron chi connectivity index (χ0n) is 11.3. The van der Waals surface area contributed by atoms with E-state index in [0.717, 1.165) is 41.1 Å². The molecule has 0 N–H and O–H groups in total. The Kier molecular flexibility index (Phi) is 3.48. The molecule has 0 spiro atoms. The van der Waals surface area contributed by atoms with Crippen LogP contribution < -0.4 is 0 Å². The lowest BCUT2D eigenvalue weighted by molar-refractivity contribution is 0.605. The van der Waals surface area contributed by atoms with Crippen molar-refractivity contribution in [1.29, 1.82) is 0 Å². The lowest BCUT2D eigenvalue weighted by Crippen LogP contribution is -1.92. The zero-order valence-corrected chi connectivity index (χ0v) is 12.8. The monoisotopic (exact) mass is 308 g/mol. The van der Waals surface area contributed by atoms with Crippen LogP contribution in [0.4, 0.5) is 0 Å². The SMILES string of the molecule is CCCc1coc2c(-c3ccc(Cl)cc3Cl)c(C)nn12. The highest BCUT2D eigenvalue weighted by atomic mass is 35.5. The Morgan fingerprint density at radius 3 is 2.80 bits per heavy atom. The first-order valence-electron chi connectivity index (χ1n) is 6.53. The fourth-order valence-electron chi connectivity index (χ4n) is 2.41. The molecule has 5 heteroatoms. The third-order valence-corrected chi connectivity index (χ3v) is 3.85. The number of hydrogen-bond acceptors (Lipinski definition) is 2. The van der Waals surface area contributed by atoms with Crippen molar-refractivity contribution in [3.05, 3.63) is 45.9 Å². The molecule has 3 rings (SSSR count). The van der Waals surface area contributed by atoms with Crippen LogP contribution in [-0.4, -0.2) is 9.61 Å². The highest BCUT2D eigenvalue weighted by Crippen LogP contribution is 2.35. The molecule has 0 aliphatic heterocycles. The molecular weight excluding hydrogens is 295 g/mol. The predicted molar refractivity (Wildman–Crippen MR) is 81.6 cm³/mol. The topological polar surface area (TPSA) is 30.4 Å². The standard InChI is InChI=1S/C15H14Cl2N2O/c1-3-4-11-8-20-15-14(9(2)18-19(11)15)12-6-5-10(16)7-13(12)17/h5-8H,3-4H2,1-2H3. The van der Waals surface area contributed by atoms with E-state index in [9.17, 15) is 0 Å². The first-order chi connectivity index (χ1) is 9.61. The number of aryl methyl sites for hydroxylation is 2. The quantitative estimate of drug-likeness (QED) is 0.669. The van der Waals surface area contributed by atoms with E-state index in [1.807, 2.05) is 23.6 Å². The summed E-state index contributed by atoms with van der Waals surface area (Å²) in [6, 6.07) is 5.45.